The summed E-state index contributed by atoms with van der Waals surface area (Å²) in [4.78, 5) is 31.1. The van der Waals surface area contributed by atoms with E-state index in [1.807, 2.05) is 18.2 Å². The van der Waals surface area contributed by atoms with Gasteiger partial charge in [-0.1, -0.05) is 78.9 Å². The van der Waals surface area contributed by atoms with Crippen molar-refractivity contribution in [1.29, 1.82) is 0 Å². The third-order valence-electron chi connectivity index (χ3n) is 9.00. The minimum Gasteiger partial charge on any atom is -0.360 e. The lowest BCUT2D eigenvalue weighted by Crippen LogP contribution is -2.62. The van der Waals surface area contributed by atoms with Crippen molar-refractivity contribution in [3.05, 3.63) is 107 Å². The van der Waals surface area contributed by atoms with E-state index in [1.54, 1.807) is 7.05 Å². The van der Waals surface area contributed by atoms with Crippen LogP contribution in [0.25, 0.3) is 0 Å². The number of hydrogen-bond donors (Lipinski definition) is 0. The zero-order valence-electron chi connectivity index (χ0n) is 19.9. The van der Waals surface area contributed by atoms with Crippen LogP contribution in [0.3, 0.4) is 0 Å². The largest absolute Gasteiger partial charge is 0.360 e. The predicted octanol–water partition coefficient (Wildman–Crippen LogP) is 3.56. The standard InChI is InChI=1S/C30H28N2O3/c1-31-19(16-18-10-4-3-5-11-18)17-35-29(31)30-22-14-8-6-12-20(22)24(21-13-7-9-15-23(21)30)25-26(30)28(34)32(2)27(25)33/h3-15,19,24-26,29H,16-17H2,1-2H3/t19-,24?,25-,26-,29+,30?/m0/s1. The van der Waals surface area contributed by atoms with E-state index in [9.17, 15) is 9.59 Å². The molecule has 0 aromatic heterocycles. The highest BCUT2D eigenvalue weighted by atomic mass is 16.5. The van der Waals surface area contributed by atoms with Gasteiger partial charge in [0.05, 0.1) is 23.9 Å². The quantitative estimate of drug-likeness (QED) is 0.557. The lowest BCUT2D eigenvalue weighted by Gasteiger charge is -2.57. The summed E-state index contributed by atoms with van der Waals surface area (Å²) in [5.74, 6) is -1.14. The molecule has 2 amide bonds. The van der Waals surface area contributed by atoms with E-state index >= 15 is 0 Å². The van der Waals surface area contributed by atoms with Crippen molar-refractivity contribution in [3.8, 4) is 0 Å². The van der Waals surface area contributed by atoms with Crippen LogP contribution in [0.15, 0.2) is 78.9 Å². The Morgan fingerprint density at radius 1 is 0.829 bits per heavy atom. The molecular formula is C30H28N2O3. The van der Waals surface area contributed by atoms with Crippen LogP contribution in [0.5, 0.6) is 0 Å². The average molecular weight is 465 g/mol. The summed E-state index contributed by atoms with van der Waals surface area (Å²) < 4.78 is 6.69. The topological polar surface area (TPSA) is 49.9 Å². The number of likely N-dealkylation sites (N-methyl/N-ethyl adjacent to an activating group) is 1. The molecule has 2 saturated heterocycles. The summed E-state index contributed by atoms with van der Waals surface area (Å²) >= 11 is 0. The highest BCUT2D eigenvalue weighted by molar-refractivity contribution is 6.08. The number of likely N-dealkylation sites (tertiary alicyclic amines) is 1. The first-order valence-electron chi connectivity index (χ1n) is 12.4. The van der Waals surface area contributed by atoms with Gasteiger partial charge in [0.2, 0.25) is 11.8 Å². The molecule has 0 radical (unpaired) electrons. The molecule has 0 saturated carbocycles. The number of hydrogen-bond acceptors (Lipinski definition) is 4. The van der Waals surface area contributed by atoms with Gasteiger partial charge in [0, 0.05) is 19.0 Å². The van der Waals surface area contributed by atoms with Crippen LogP contribution in [-0.2, 0) is 26.2 Å². The Balaban J connectivity index is 1.45. The van der Waals surface area contributed by atoms with Gasteiger partial charge in [-0.05, 0) is 41.3 Å². The summed E-state index contributed by atoms with van der Waals surface area (Å²) in [5, 5.41) is 0. The molecule has 0 N–H and O–H groups in total. The number of amides is 2. The smallest absolute Gasteiger partial charge is 0.234 e. The van der Waals surface area contributed by atoms with Crippen molar-refractivity contribution in [2.45, 2.75) is 30.0 Å². The fraction of sp³-hybridized carbons (Fsp3) is 0.333. The fourth-order valence-corrected chi connectivity index (χ4v) is 7.56. The van der Waals surface area contributed by atoms with Crippen LogP contribution in [0.1, 0.15) is 33.7 Å². The highest BCUT2D eigenvalue weighted by Gasteiger charge is 2.71. The average Bonchev–Trinajstić information content (AvgIpc) is 3.37. The highest BCUT2D eigenvalue weighted by Crippen LogP contribution is 2.66. The molecule has 5 aliphatic rings. The second kappa shape index (κ2) is 7.36. The van der Waals surface area contributed by atoms with Crippen molar-refractivity contribution < 1.29 is 14.3 Å². The van der Waals surface area contributed by atoms with Crippen molar-refractivity contribution in [3.63, 3.8) is 0 Å². The number of nitrogens with zero attached hydrogens (tertiary/aromatic N) is 2. The molecule has 0 spiro atoms. The van der Waals surface area contributed by atoms with Gasteiger partial charge in [0.1, 0.15) is 6.23 Å². The number of imide groups is 1. The molecule has 3 aliphatic carbocycles. The molecule has 5 heteroatoms. The van der Waals surface area contributed by atoms with Crippen LogP contribution < -0.4 is 0 Å². The Labute approximate surface area is 205 Å². The van der Waals surface area contributed by atoms with Crippen LogP contribution in [0, 0.1) is 11.8 Å². The van der Waals surface area contributed by atoms with E-state index in [1.165, 1.54) is 10.5 Å². The maximum Gasteiger partial charge on any atom is 0.234 e. The van der Waals surface area contributed by atoms with Crippen LogP contribution in [0.4, 0.5) is 0 Å². The van der Waals surface area contributed by atoms with Gasteiger partial charge in [0.15, 0.2) is 0 Å². The molecule has 5 nitrogen and oxygen atoms in total. The molecule has 2 aliphatic heterocycles. The van der Waals surface area contributed by atoms with Crippen LogP contribution in [0.2, 0.25) is 0 Å². The SMILES string of the molecule is CN1C(=O)[C@@H]2[C@@H](C1=O)C1c3ccccc3C2([C@H]2OC[C@H](Cc3ccccc3)N2C)c2ccccc21. The first kappa shape index (κ1) is 21.0. The summed E-state index contributed by atoms with van der Waals surface area (Å²) in [6, 6.07) is 27.5. The fourth-order valence-electron chi connectivity index (χ4n) is 7.56. The molecule has 8 rings (SSSR count). The first-order valence-corrected chi connectivity index (χ1v) is 12.4. The Bertz CT molecular complexity index is 1300. The lowest BCUT2D eigenvalue weighted by atomic mass is 9.46. The van der Waals surface area contributed by atoms with Crippen molar-refractivity contribution in [1.82, 2.24) is 9.80 Å². The van der Waals surface area contributed by atoms with Crippen molar-refractivity contribution in [2.75, 3.05) is 20.7 Å². The minimum absolute atomic E-state index is 0.0696. The second-order valence-electron chi connectivity index (χ2n) is 10.5. The van der Waals surface area contributed by atoms with E-state index in [4.69, 9.17) is 4.74 Å². The van der Waals surface area contributed by atoms with Crippen molar-refractivity contribution in [2.24, 2.45) is 11.8 Å². The molecule has 176 valence electrons. The molecule has 3 aromatic rings. The summed E-state index contributed by atoms with van der Waals surface area (Å²) in [6.45, 7) is 0.584. The van der Waals surface area contributed by atoms with E-state index in [0.29, 0.717) is 6.61 Å². The van der Waals surface area contributed by atoms with Gasteiger partial charge >= 0.3 is 0 Å². The van der Waals surface area contributed by atoms with Crippen LogP contribution in [-0.4, -0.2) is 54.6 Å². The van der Waals surface area contributed by atoms with Gasteiger partial charge in [-0.25, -0.2) is 0 Å². The van der Waals surface area contributed by atoms with E-state index in [0.717, 1.165) is 28.7 Å². The van der Waals surface area contributed by atoms with Gasteiger partial charge < -0.3 is 4.74 Å². The maximum absolute atomic E-state index is 13.8. The van der Waals surface area contributed by atoms with E-state index in [2.05, 4.69) is 72.6 Å². The lowest BCUT2D eigenvalue weighted by molar-refractivity contribution is -0.139. The Hall–Kier alpha value is -3.28. The minimum atomic E-state index is -0.746. The van der Waals surface area contributed by atoms with Crippen molar-refractivity contribution >= 4 is 11.8 Å². The number of carbonyl (C=O) groups is 2. The Kier molecular flexibility index (Phi) is 4.42. The molecule has 3 aromatic carbocycles. The molecule has 0 unspecified atom stereocenters. The molecule has 2 bridgehead atoms. The van der Waals surface area contributed by atoms with Crippen LogP contribution >= 0.6 is 0 Å². The predicted molar refractivity (Wildman–Crippen MR) is 132 cm³/mol. The summed E-state index contributed by atoms with van der Waals surface area (Å²) in [5.41, 5.74) is 5.12. The van der Waals surface area contributed by atoms with Gasteiger partial charge in [0.25, 0.3) is 0 Å². The number of benzene rings is 3. The molecule has 4 atom stereocenters. The zero-order chi connectivity index (χ0) is 23.9. The first-order chi connectivity index (χ1) is 17.0. The Morgan fingerprint density at radius 2 is 1.43 bits per heavy atom. The number of ether oxygens (including phenoxy) is 1. The summed E-state index contributed by atoms with van der Waals surface area (Å²) in [6.07, 6.45) is 0.520. The second-order valence-corrected chi connectivity index (χ2v) is 10.5. The zero-order valence-corrected chi connectivity index (χ0v) is 19.9. The third-order valence-corrected chi connectivity index (χ3v) is 9.00. The third kappa shape index (κ3) is 2.55. The molecular weight excluding hydrogens is 436 g/mol. The Morgan fingerprint density at radius 3 is 2.09 bits per heavy atom. The maximum atomic E-state index is 13.8. The number of rotatable bonds is 3. The van der Waals surface area contributed by atoms with Gasteiger partial charge in [-0.15, -0.1) is 0 Å². The van der Waals surface area contributed by atoms with Gasteiger partial charge in [-0.3, -0.25) is 19.4 Å². The van der Waals surface area contributed by atoms with E-state index in [-0.39, 0.29) is 30.0 Å². The van der Waals surface area contributed by atoms with Gasteiger partial charge in [-0.2, -0.15) is 0 Å². The monoisotopic (exact) mass is 464 g/mol. The molecule has 2 heterocycles. The molecule has 35 heavy (non-hydrogen) atoms. The summed E-state index contributed by atoms with van der Waals surface area (Å²) in [7, 11) is 3.76. The normalized spacial score (nSPS) is 33.1. The number of carbonyl (C=O) groups excluding carboxylic acids is 2. The molecule has 2 fully saturated rings. The van der Waals surface area contributed by atoms with E-state index < -0.39 is 17.3 Å².